The molecule has 0 spiro atoms. The second-order valence-corrected chi connectivity index (χ2v) is 8.54. The van der Waals surface area contributed by atoms with Crippen LogP contribution in [0.5, 0.6) is 0 Å². The van der Waals surface area contributed by atoms with Crippen molar-refractivity contribution in [1.29, 1.82) is 0 Å². The van der Waals surface area contributed by atoms with E-state index in [1.54, 1.807) is 0 Å². The molecule has 0 saturated carbocycles. The molecule has 2 aromatic rings. The summed E-state index contributed by atoms with van der Waals surface area (Å²) >= 11 is 5.92. The average molecular weight is 371 g/mol. The Labute approximate surface area is 144 Å². The molecule has 0 bridgehead atoms. The van der Waals surface area contributed by atoms with Gasteiger partial charge in [-0.2, -0.15) is 0 Å². The molecule has 0 radical (unpaired) electrons. The first-order chi connectivity index (χ1) is 11.1. The minimum Gasteiger partial charge on any atom is -0.294 e. The normalized spacial score (nSPS) is 15.1. The second-order valence-electron chi connectivity index (χ2n) is 6.42. The second kappa shape index (κ2) is 5.75. The quantitative estimate of drug-likeness (QED) is 0.839. The van der Waals surface area contributed by atoms with E-state index >= 15 is 0 Å². The first-order valence-corrected chi connectivity index (χ1v) is 9.27. The van der Waals surface area contributed by atoms with Gasteiger partial charge in [0.05, 0.1) is 4.90 Å². The zero-order valence-corrected chi connectivity index (χ0v) is 14.8. The highest BCUT2D eigenvalue weighted by Gasteiger charge is 2.29. The molecule has 3 rings (SSSR count). The van der Waals surface area contributed by atoms with Crippen LogP contribution in [0.4, 0.5) is 4.39 Å². The van der Waals surface area contributed by atoms with Crippen LogP contribution >= 0.6 is 11.6 Å². The summed E-state index contributed by atoms with van der Waals surface area (Å²) < 4.78 is 41.3. The standard InChI is InChI=1S/C16H16ClFN2O3S/c1-16(2,18)8-20-24(22,23)14-5-10-9(3-4-13(10)21)12-7-19-15(17)6-11(12)14/h5-7,20H,3-4,8H2,1-2H3. The van der Waals surface area contributed by atoms with Gasteiger partial charge < -0.3 is 0 Å². The number of carbonyl (C=O) groups is 1. The van der Waals surface area contributed by atoms with Crippen molar-refractivity contribution in [3.63, 3.8) is 0 Å². The first kappa shape index (κ1) is 17.3. The van der Waals surface area contributed by atoms with E-state index in [9.17, 15) is 17.6 Å². The van der Waals surface area contributed by atoms with Crippen LogP contribution in [0.25, 0.3) is 10.8 Å². The first-order valence-electron chi connectivity index (χ1n) is 7.41. The number of hydrogen-bond donors (Lipinski definition) is 1. The summed E-state index contributed by atoms with van der Waals surface area (Å²) in [6, 6.07) is 2.81. The van der Waals surface area contributed by atoms with Gasteiger partial charge in [0, 0.05) is 35.5 Å². The number of rotatable bonds is 4. The number of aromatic nitrogens is 1. The third-order valence-corrected chi connectivity index (χ3v) is 5.58. The molecule has 0 amide bonds. The van der Waals surface area contributed by atoms with Crippen LogP contribution in [-0.4, -0.2) is 31.4 Å². The van der Waals surface area contributed by atoms with Crippen LogP contribution in [0.2, 0.25) is 5.15 Å². The van der Waals surface area contributed by atoms with Gasteiger partial charge in [-0.05, 0) is 38.0 Å². The monoisotopic (exact) mass is 370 g/mol. The third kappa shape index (κ3) is 3.16. The molecule has 1 N–H and O–H groups in total. The zero-order chi connectivity index (χ0) is 17.7. The number of sulfonamides is 1. The maximum absolute atomic E-state index is 13.7. The Bertz CT molecular complexity index is 952. The molecule has 1 heterocycles. The van der Waals surface area contributed by atoms with Crippen molar-refractivity contribution >= 4 is 38.2 Å². The van der Waals surface area contributed by atoms with E-state index in [0.29, 0.717) is 29.2 Å². The number of Topliss-reactive ketones (excluding diaryl/α,β-unsaturated/α-hetero) is 1. The fourth-order valence-corrected chi connectivity index (χ4v) is 4.35. The molecule has 0 aliphatic heterocycles. The Morgan fingerprint density at radius 1 is 1.29 bits per heavy atom. The molecular formula is C16H16ClFN2O3S. The molecule has 1 aromatic heterocycles. The van der Waals surface area contributed by atoms with Gasteiger partial charge in [0.25, 0.3) is 0 Å². The topological polar surface area (TPSA) is 76.1 Å². The van der Waals surface area contributed by atoms with Crippen molar-refractivity contribution in [1.82, 2.24) is 9.71 Å². The Balaban J connectivity index is 2.22. The minimum atomic E-state index is -4.01. The van der Waals surface area contributed by atoms with Crippen molar-refractivity contribution in [3.05, 3.63) is 34.6 Å². The maximum atomic E-state index is 13.7. The Hall–Kier alpha value is -1.57. The molecule has 1 aliphatic carbocycles. The number of nitrogens with zero attached hydrogens (tertiary/aromatic N) is 1. The van der Waals surface area contributed by atoms with Crippen molar-refractivity contribution < 1.29 is 17.6 Å². The fourth-order valence-electron chi connectivity index (χ4n) is 2.77. The van der Waals surface area contributed by atoms with E-state index in [0.717, 1.165) is 5.56 Å². The van der Waals surface area contributed by atoms with Gasteiger partial charge in [-0.3, -0.25) is 4.79 Å². The predicted molar refractivity (Wildman–Crippen MR) is 89.8 cm³/mol. The number of pyridine rings is 1. The lowest BCUT2D eigenvalue weighted by Crippen LogP contribution is -2.35. The van der Waals surface area contributed by atoms with Gasteiger partial charge >= 0.3 is 0 Å². The van der Waals surface area contributed by atoms with Crippen molar-refractivity contribution in [2.24, 2.45) is 0 Å². The molecule has 0 saturated heterocycles. The molecule has 5 nitrogen and oxygen atoms in total. The maximum Gasteiger partial charge on any atom is 0.241 e. The van der Waals surface area contributed by atoms with Crippen LogP contribution in [-0.2, 0) is 16.4 Å². The summed E-state index contributed by atoms with van der Waals surface area (Å²) in [5, 5.41) is 1.12. The summed E-state index contributed by atoms with van der Waals surface area (Å²) in [6.45, 7) is 2.18. The zero-order valence-electron chi connectivity index (χ0n) is 13.2. The van der Waals surface area contributed by atoms with Crippen LogP contribution in [0.15, 0.2) is 23.2 Å². The van der Waals surface area contributed by atoms with E-state index in [2.05, 4.69) is 9.71 Å². The van der Waals surface area contributed by atoms with E-state index in [4.69, 9.17) is 11.6 Å². The Kier molecular flexibility index (Phi) is 4.14. The molecule has 0 unspecified atom stereocenters. The number of carbonyl (C=O) groups excluding carboxylic acids is 1. The van der Waals surface area contributed by atoms with E-state index < -0.39 is 15.7 Å². The minimum absolute atomic E-state index is 0.0833. The van der Waals surface area contributed by atoms with Crippen LogP contribution < -0.4 is 4.72 Å². The van der Waals surface area contributed by atoms with Crippen LogP contribution in [0.1, 0.15) is 36.2 Å². The smallest absolute Gasteiger partial charge is 0.241 e. The van der Waals surface area contributed by atoms with Crippen LogP contribution in [0.3, 0.4) is 0 Å². The van der Waals surface area contributed by atoms with Gasteiger partial charge in [-0.1, -0.05) is 11.6 Å². The van der Waals surface area contributed by atoms with E-state index in [1.165, 1.54) is 32.2 Å². The largest absolute Gasteiger partial charge is 0.294 e. The molecule has 24 heavy (non-hydrogen) atoms. The van der Waals surface area contributed by atoms with E-state index in [1.807, 2.05) is 0 Å². The molecule has 1 aromatic carbocycles. The number of ketones is 1. The number of fused-ring (bicyclic) bond motifs is 3. The molecule has 0 atom stereocenters. The van der Waals surface area contributed by atoms with E-state index in [-0.39, 0.29) is 22.4 Å². The summed E-state index contributed by atoms with van der Waals surface area (Å²) in [6.07, 6.45) is 2.36. The van der Waals surface area contributed by atoms with Gasteiger partial charge in [0.1, 0.15) is 10.8 Å². The molecule has 8 heteroatoms. The number of alkyl halides is 1. The van der Waals surface area contributed by atoms with Crippen molar-refractivity contribution in [2.45, 2.75) is 37.3 Å². The number of benzene rings is 1. The average Bonchev–Trinajstić information content (AvgIpc) is 2.85. The van der Waals surface area contributed by atoms with Crippen molar-refractivity contribution in [2.75, 3.05) is 6.54 Å². The van der Waals surface area contributed by atoms with Gasteiger partial charge in [0.2, 0.25) is 10.0 Å². The fraction of sp³-hybridized carbons (Fsp3) is 0.375. The summed E-state index contributed by atoms with van der Waals surface area (Å²) in [5.74, 6) is -0.107. The summed E-state index contributed by atoms with van der Waals surface area (Å²) in [7, 11) is -4.01. The Morgan fingerprint density at radius 3 is 2.67 bits per heavy atom. The highest BCUT2D eigenvalue weighted by molar-refractivity contribution is 7.89. The lowest BCUT2D eigenvalue weighted by molar-refractivity contribution is 0.0994. The number of hydrogen-bond acceptors (Lipinski definition) is 4. The highest BCUT2D eigenvalue weighted by Crippen LogP contribution is 2.35. The lowest BCUT2D eigenvalue weighted by Gasteiger charge is -2.17. The molecule has 128 valence electrons. The number of halogens is 2. The predicted octanol–water partition coefficient (Wildman–Crippen LogP) is 3.04. The third-order valence-electron chi connectivity index (χ3n) is 3.94. The van der Waals surface area contributed by atoms with Crippen molar-refractivity contribution in [3.8, 4) is 0 Å². The lowest BCUT2D eigenvalue weighted by atomic mass is 10.0. The SMILES string of the molecule is CC(C)(F)CNS(=O)(=O)c1cc2c(c3cnc(Cl)cc13)CCC2=O. The van der Waals surface area contributed by atoms with Gasteiger partial charge in [-0.15, -0.1) is 0 Å². The van der Waals surface area contributed by atoms with Gasteiger partial charge in [-0.25, -0.2) is 22.5 Å². The molecule has 0 fully saturated rings. The number of aryl methyl sites for hydroxylation is 1. The van der Waals surface area contributed by atoms with Gasteiger partial charge in [0.15, 0.2) is 5.78 Å². The highest BCUT2D eigenvalue weighted by atomic mass is 35.5. The number of nitrogens with one attached hydrogen (secondary N) is 1. The Morgan fingerprint density at radius 2 is 2.00 bits per heavy atom. The van der Waals surface area contributed by atoms with Crippen LogP contribution in [0, 0.1) is 0 Å². The summed E-state index contributed by atoms with van der Waals surface area (Å²) in [4.78, 5) is 16.0. The molecule has 1 aliphatic rings. The summed E-state index contributed by atoms with van der Waals surface area (Å²) in [5.41, 5.74) is -0.537. The molecular weight excluding hydrogens is 355 g/mol.